The molecular weight excluding hydrogens is 269 g/mol. The van der Waals surface area contributed by atoms with E-state index in [2.05, 4.69) is 9.89 Å². The summed E-state index contributed by atoms with van der Waals surface area (Å²) in [6.45, 7) is 1.99. The third kappa shape index (κ3) is 3.42. The molecule has 1 aromatic rings. The second-order valence-corrected chi connectivity index (χ2v) is 4.98. The van der Waals surface area contributed by atoms with Gasteiger partial charge in [0.15, 0.2) is 11.6 Å². The van der Waals surface area contributed by atoms with E-state index in [4.69, 9.17) is 4.74 Å². The van der Waals surface area contributed by atoms with E-state index < -0.39 is 0 Å². The van der Waals surface area contributed by atoms with Crippen LogP contribution in [0.5, 0.6) is 5.75 Å². The fourth-order valence-electron chi connectivity index (χ4n) is 2.35. The van der Waals surface area contributed by atoms with Crippen molar-refractivity contribution in [3.05, 3.63) is 48.2 Å². The van der Waals surface area contributed by atoms with Crippen LogP contribution < -0.4 is 4.74 Å². The highest BCUT2D eigenvalue weighted by Gasteiger charge is 2.20. The van der Waals surface area contributed by atoms with Crippen molar-refractivity contribution in [3.8, 4) is 5.75 Å². The number of benzene rings is 1. The first-order valence-electron chi connectivity index (χ1n) is 6.69. The van der Waals surface area contributed by atoms with Gasteiger partial charge in [-0.05, 0) is 30.7 Å². The molecule has 21 heavy (non-hydrogen) atoms. The molecule has 0 radical (unpaired) electrons. The van der Waals surface area contributed by atoms with Gasteiger partial charge in [0.2, 0.25) is 0 Å². The number of nitrogens with zero attached hydrogens (tertiary/aromatic N) is 3. The molecule has 1 unspecified atom stereocenters. The molecule has 5 heteroatoms. The first-order valence-corrected chi connectivity index (χ1v) is 6.69. The van der Waals surface area contributed by atoms with Gasteiger partial charge >= 0.3 is 0 Å². The quantitative estimate of drug-likeness (QED) is 0.853. The molecule has 1 aliphatic rings. The molecule has 4 nitrogen and oxygen atoms in total. The molecule has 0 aromatic heterocycles. The minimum atomic E-state index is -0.363. The average molecular weight is 289 g/mol. The van der Waals surface area contributed by atoms with Crippen LogP contribution >= 0.6 is 0 Å². The smallest absolute Gasteiger partial charge is 0.165 e. The lowest BCUT2D eigenvalue weighted by atomic mass is 10.2. The van der Waals surface area contributed by atoms with E-state index in [1.807, 2.05) is 50.5 Å². The zero-order valence-corrected chi connectivity index (χ0v) is 12.7. The fraction of sp³-hybridized carbons (Fsp3) is 0.312. The van der Waals surface area contributed by atoms with Gasteiger partial charge in [0.1, 0.15) is 6.17 Å². The highest BCUT2D eigenvalue weighted by Crippen LogP contribution is 2.19. The number of aliphatic imine (C=N–C) groups is 1. The molecule has 0 bridgehead atoms. The third-order valence-corrected chi connectivity index (χ3v) is 3.40. The molecule has 0 aliphatic carbocycles. The van der Waals surface area contributed by atoms with Crippen LogP contribution in [0.2, 0.25) is 0 Å². The van der Waals surface area contributed by atoms with Gasteiger partial charge < -0.3 is 14.5 Å². The van der Waals surface area contributed by atoms with Gasteiger partial charge in [-0.15, -0.1) is 0 Å². The Bertz CT molecular complexity index is 595. The summed E-state index contributed by atoms with van der Waals surface area (Å²) in [5, 5.41) is 0. The van der Waals surface area contributed by atoms with Crippen molar-refractivity contribution < 1.29 is 9.13 Å². The Balaban J connectivity index is 2.12. The van der Waals surface area contributed by atoms with E-state index in [0.717, 1.165) is 11.3 Å². The molecule has 0 saturated heterocycles. The lowest BCUT2D eigenvalue weighted by Gasteiger charge is -2.35. The van der Waals surface area contributed by atoms with Gasteiger partial charge in [-0.25, -0.2) is 4.39 Å². The van der Waals surface area contributed by atoms with Crippen LogP contribution in [0.4, 0.5) is 4.39 Å². The Morgan fingerprint density at radius 3 is 2.81 bits per heavy atom. The maximum atomic E-state index is 13.6. The van der Waals surface area contributed by atoms with Gasteiger partial charge in [-0.3, -0.25) is 4.99 Å². The first-order chi connectivity index (χ1) is 10.0. The van der Waals surface area contributed by atoms with Crippen molar-refractivity contribution >= 4 is 11.8 Å². The Morgan fingerprint density at radius 2 is 2.19 bits per heavy atom. The van der Waals surface area contributed by atoms with Crippen LogP contribution in [-0.4, -0.2) is 42.9 Å². The van der Waals surface area contributed by atoms with Crippen LogP contribution in [0.25, 0.3) is 6.08 Å². The van der Waals surface area contributed by atoms with E-state index in [-0.39, 0.29) is 17.7 Å². The van der Waals surface area contributed by atoms with Crippen molar-refractivity contribution in [1.29, 1.82) is 0 Å². The summed E-state index contributed by atoms with van der Waals surface area (Å²) in [4.78, 5) is 8.42. The maximum absolute atomic E-state index is 13.6. The highest BCUT2D eigenvalue weighted by molar-refractivity contribution is 5.88. The lowest BCUT2D eigenvalue weighted by molar-refractivity contribution is 0.231. The molecule has 0 N–H and O–H groups in total. The number of methoxy groups -OCH3 is 1. The fourth-order valence-corrected chi connectivity index (χ4v) is 2.35. The summed E-state index contributed by atoms with van der Waals surface area (Å²) < 4.78 is 18.6. The Morgan fingerprint density at radius 1 is 1.43 bits per heavy atom. The number of hydrogen-bond acceptors (Lipinski definition) is 4. The summed E-state index contributed by atoms with van der Waals surface area (Å²) in [5.74, 6) is -0.113. The normalized spacial score (nSPS) is 18.0. The molecular formula is C16H20FN3O. The molecule has 0 spiro atoms. The van der Waals surface area contributed by atoms with Crippen LogP contribution in [0, 0.1) is 5.82 Å². The molecule has 0 fully saturated rings. The van der Waals surface area contributed by atoms with E-state index in [1.165, 1.54) is 13.2 Å². The van der Waals surface area contributed by atoms with E-state index in [0.29, 0.717) is 0 Å². The largest absolute Gasteiger partial charge is 0.494 e. The average Bonchev–Trinajstić information content (AvgIpc) is 2.45. The van der Waals surface area contributed by atoms with Crippen LogP contribution in [-0.2, 0) is 0 Å². The Hall–Kier alpha value is -2.30. The van der Waals surface area contributed by atoms with Crippen LogP contribution in [0.3, 0.4) is 0 Å². The molecule has 1 aromatic carbocycles. The van der Waals surface area contributed by atoms with Gasteiger partial charge in [-0.1, -0.05) is 6.07 Å². The predicted molar refractivity (Wildman–Crippen MR) is 83.5 cm³/mol. The number of hydrogen-bond donors (Lipinski definition) is 0. The van der Waals surface area contributed by atoms with Crippen molar-refractivity contribution in [2.75, 3.05) is 21.2 Å². The van der Waals surface area contributed by atoms with Crippen molar-refractivity contribution in [2.24, 2.45) is 4.99 Å². The summed E-state index contributed by atoms with van der Waals surface area (Å²) in [7, 11) is 5.42. The number of ether oxygens (including phenoxy) is 1. The van der Waals surface area contributed by atoms with Gasteiger partial charge in [0.25, 0.3) is 0 Å². The van der Waals surface area contributed by atoms with Crippen molar-refractivity contribution in [2.45, 2.75) is 13.1 Å². The molecule has 2 rings (SSSR count). The first kappa shape index (κ1) is 15.1. The van der Waals surface area contributed by atoms with Crippen molar-refractivity contribution in [3.63, 3.8) is 0 Å². The Labute approximate surface area is 124 Å². The van der Waals surface area contributed by atoms with Gasteiger partial charge in [0, 0.05) is 32.7 Å². The maximum Gasteiger partial charge on any atom is 0.165 e. The standard InChI is InChI=1S/C16H20FN3O/c1-12-16(20(3)10-8-18-12)19(2)9-7-13-5-6-15(21-4)14(17)11-13/h5-11,16H,1-4H3/b9-7+. The van der Waals surface area contributed by atoms with E-state index >= 15 is 0 Å². The molecule has 1 atom stereocenters. The van der Waals surface area contributed by atoms with E-state index in [9.17, 15) is 4.39 Å². The minimum Gasteiger partial charge on any atom is -0.494 e. The lowest BCUT2D eigenvalue weighted by Crippen LogP contribution is -2.45. The zero-order chi connectivity index (χ0) is 15.4. The molecule has 112 valence electrons. The Kier molecular flexibility index (Phi) is 4.62. The number of halogens is 1. The molecule has 0 amide bonds. The van der Waals surface area contributed by atoms with Crippen molar-refractivity contribution in [1.82, 2.24) is 9.80 Å². The minimum absolute atomic E-state index is 0.0642. The molecule has 1 heterocycles. The van der Waals surface area contributed by atoms with Gasteiger partial charge in [-0.2, -0.15) is 0 Å². The monoisotopic (exact) mass is 289 g/mol. The summed E-state index contributed by atoms with van der Waals surface area (Å²) in [6.07, 6.45) is 7.55. The third-order valence-electron chi connectivity index (χ3n) is 3.40. The van der Waals surface area contributed by atoms with Crippen LogP contribution in [0.15, 0.2) is 41.8 Å². The molecule has 1 aliphatic heterocycles. The number of rotatable bonds is 4. The second kappa shape index (κ2) is 6.43. The molecule has 0 saturated carbocycles. The van der Waals surface area contributed by atoms with Gasteiger partial charge in [0.05, 0.1) is 12.8 Å². The summed E-state index contributed by atoms with van der Waals surface area (Å²) in [5.41, 5.74) is 1.79. The summed E-state index contributed by atoms with van der Waals surface area (Å²) in [6, 6.07) is 4.89. The highest BCUT2D eigenvalue weighted by atomic mass is 19.1. The topological polar surface area (TPSA) is 28.1 Å². The SMILES string of the molecule is COc1ccc(/C=C/N(C)C2C(C)=NC=CN2C)cc1F. The van der Waals surface area contributed by atoms with E-state index in [1.54, 1.807) is 12.3 Å². The predicted octanol–water partition coefficient (Wildman–Crippen LogP) is 2.94. The summed E-state index contributed by atoms with van der Waals surface area (Å²) >= 11 is 0. The zero-order valence-electron chi connectivity index (χ0n) is 12.7. The van der Waals surface area contributed by atoms with Crippen LogP contribution in [0.1, 0.15) is 12.5 Å². The second-order valence-electron chi connectivity index (χ2n) is 4.98.